The monoisotopic (exact) mass is 348 g/mol. The molecule has 0 saturated carbocycles. The third-order valence-electron chi connectivity index (χ3n) is 3.26. The Bertz CT molecular complexity index is 757. The molecule has 3 aromatic rings. The number of thiophene rings is 1. The molecule has 0 aliphatic heterocycles. The van der Waals surface area contributed by atoms with E-state index in [1.54, 1.807) is 11.3 Å². The van der Waals surface area contributed by atoms with Gasteiger partial charge in [-0.2, -0.15) is 0 Å². The van der Waals surface area contributed by atoms with Crippen molar-refractivity contribution in [1.82, 2.24) is 5.16 Å². The summed E-state index contributed by atoms with van der Waals surface area (Å²) >= 11 is 5.26. The first kappa shape index (κ1) is 13.4. The molecule has 0 bridgehead atoms. The number of aromatic nitrogens is 1. The average Bonchev–Trinajstić information content (AvgIpc) is 2.94. The number of rotatable bonds is 2. The molecular weight excluding hydrogens is 336 g/mol. The molecule has 0 aliphatic rings. The van der Waals surface area contributed by atoms with Crippen molar-refractivity contribution < 1.29 is 4.52 Å². The minimum Gasteiger partial charge on any atom is -0.367 e. The Hall–Kier alpha value is -1.59. The first-order valence-electron chi connectivity index (χ1n) is 6.15. The molecule has 102 valence electrons. The van der Waals surface area contributed by atoms with Gasteiger partial charge in [0, 0.05) is 14.9 Å². The number of anilines is 1. The molecule has 3 nitrogen and oxygen atoms in total. The van der Waals surface area contributed by atoms with Crippen molar-refractivity contribution in [2.24, 2.45) is 0 Å². The second-order valence-corrected chi connectivity index (χ2v) is 6.71. The summed E-state index contributed by atoms with van der Waals surface area (Å²) in [5.41, 5.74) is 9.87. The highest BCUT2D eigenvalue weighted by molar-refractivity contribution is 9.10. The van der Waals surface area contributed by atoms with Gasteiger partial charge in [0.05, 0.1) is 10.4 Å². The minimum atomic E-state index is 0.343. The van der Waals surface area contributed by atoms with Crippen LogP contribution in [-0.2, 0) is 0 Å². The topological polar surface area (TPSA) is 52.0 Å². The number of aryl methyl sites for hydroxylation is 2. The van der Waals surface area contributed by atoms with E-state index in [1.165, 1.54) is 10.4 Å². The standard InChI is InChI=1S/C15H13BrN2OS/c1-8-7-12(20-9(8)2)14-13(15(17)19-18-14)10-5-3-4-6-11(10)16/h3-7H,17H2,1-2H3. The van der Waals surface area contributed by atoms with Gasteiger partial charge in [-0.25, -0.2) is 0 Å². The van der Waals surface area contributed by atoms with Crippen LogP contribution in [-0.4, -0.2) is 5.16 Å². The lowest BCUT2D eigenvalue weighted by Crippen LogP contribution is -1.87. The molecule has 2 N–H and O–H groups in total. The quantitative estimate of drug-likeness (QED) is 0.706. The van der Waals surface area contributed by atoms with Gasteiger partial charge in [0.2, 0.25) is 5.88 Å². The van der Waals surface area contributed by atoms with Crippen molar-refractivity contribution in [1.29, 1.82) is 0 Å². The second-order valence-electron chi connectivity index (χ2n) is 4.60. The molecule has 0 atom stereocenters. The van der Waals surface area contributed by atoms with Crippen molar-refractivity contribution >= 4 is 33.2 Å². The van der Waals surface area contributed by atoms with Gasteiger partial charge in [-0.3, -0.25) is 0 Å². The molecule has 0 radical (unpaired) electrons. The normalized spacial score (nSPS) is 10.9. The van der Waals surface area contributed by atoms with E-state index < -0.39 is 0 Å². The first-order valence-corrected chi connectivity index (χ1v) is 7.76. The highest BCUT2D eigenvalue weighted by Crippen LogP contribution is 2.42. The molecule has 3 rings (SSSR count). The Labute approximate surface area is 129 Å². The minimum absolute atomic E-state index is 0.343. The summed E-state index contributed by atoms with van der Waals surface area (Å²) in [4.78, 5) is 2.35. The lowest BCUT2D eigenvalue weighted by molar-refractivity contribution is 0.439. The third kappa shape index (κ3) is 2.17. The Morgan fingerprint density at radius 1 is 1.25 bits per heavy atom. The third-order valence-corrected chi connectivity index (χ3v) is 5.11. The second kappa shape index (κ2) is 5.07. The zero-order valence-electron chi connectivity index (χ0n) is 11.1. The fourth-order valence-corrected chi connectivity index (χ4v) is 3.59. The number of benzene rings is 1. The van der Waals surface area contributed by atoms with E-state index in [0.29, 0.717) is 5.88 Å². The molecule has 20 heavy (non-hydrogen) atoms. The molecule has 0 amide bonds. The number of nitrogen functional groups attached to an aromatic ring is 1. The maximum atomic E-state index is 5.98. The molecule has 2 heterocycles. The first-order chi connectivity index (χ1) is 9.58. The SMILES string of the molecule is Cc1cc(-c2noc(N)c2-c2ccccc2Br)sc1C. The smallest absolute Gasteiger partial charge is 0.230 e. The van der Waals surface area contributed by atoms with Gasteiger partial charge in [0.1, 0.15) is 5.69 Å². The molecular formula is C15H13BrN2OS. The van der Waals surface area contributed by atoms with Crippen LogP contribution >= 0.6 is 27.3 Å². The van der Waals surface area contributed by atoms with E-state index in [1.807, 2.05) is 24.3 Å². The van der Waals surface area contributed by atoms with Gasteiger partial charge in [0.15, 0.2) is 0 Å². The van der Waals surface area contributed by atoms with Crippen molar-refractivity contribution in [2.45, 2.75) is 13.8 Å². The lowest BCUT2D eigenvalue weighted by Gasteiger charge is -2.03. The van der Waals surface area contributed by atoms with E-state index in [4.69, 9.17) is 10.3 Å². The Kier molecular flexibility index (Phi) is 3.40. The van der Waals surface area contributed by atoms with Crippen LogP contribution in [0.15, 0.2) is 39.3 Å². The summed E-state index contributed by atoms with van der Waals surface area (Å²) in [5, 5.41) is 4.15. The van der Waals surface area contributed by atoms with Crippen LogP contribution in [0, 0.1) is 13.8 Å². The maximum absolute atomic E-state index is 5.98. The van der Waals surface area contributed by atoms with Crippen LogP contribution in [0.5, 0.6) is 0 Å². The van der Waals surface area contributed by atoms with E-state index in [2.05, 4.69) is 41.0 Å². The summed E-state index contributed by atoms with van der Waals surface area (Å²) in [6.07, 6.45) is 0. The zero-order valence-corrected chi connectivity index (χ0v) is 13.5. The Morgan fingerprint density at radius 2 is 2.00 bits per heavy atom. The zero-order chi connectivity index (χ0) is 14.3. The highest BCUT2D eigenvalue weighted by Gasteiger charge is 2.20. The fraction of sp³-hybridized carbons (Fsp3) is 0.133. The molecule has 0 aliphatic carbocycles. The predicted molar refractivity (Wildman–Crippen MR) is 86.8 cm³/mol. The highest BCUT2D eigenvalue weighted by atomic mass is 79.9. The molecule has 0 spiro atoms. The molecule has 0 saturated heterocycles. The van der Waals surface area contributed by atoms with Crippen LogP contribution in [0.3, 0.4) is 0 Å². The summed E-state index contributed by atoms with van der Waals surface area (Å²) in [7, 11) is 0. The molecule has 0 unspecified atom stereocenters. The number of hydrogen-bond donors (Lipinski definition) is 1. The van der Waals surface area contributed by atoms with Crippen molar-refractivity contribution in [3.8, 4) is 21.7 Å². The van der Waals surface area contributed by atoms with Crippen LogP contribution < -0.4 is 5.73 Å². The predicted octanol–water partition coefficient (Wildman–Crippen LogP) is 5.03. The van der Waals surface area contributed by atoms with Crippen molar-refractivity contribution in [2.75, 3.05) is 5.73 Å². The van der Waals surface area contributed by atoms with Gasteiger partial charge in [-0.1, -0.05) is 39.3 Å². The van der Waals surface area contributed by atoms with Gasteiger partial charge in [-0.15, -0.1) is 11.3 Å². The van der Waals surface area contributed by atoms with E-state index in [0.717, 1.165) is 26.2 Å². The molecule has 5 heteroatoms. The summed E-state index contributed by atoms with van der Waals surface area (Å²) in [6.45, 7) is 4.20. The molecule has 1 aromatic carbocycles. The number of nitrogens with zero attached hydrogens (tertiary/aromatic N) is 1. The van der Waals surface area contributed by atoms with E-state index in [-0.39, 0.29) is 0 Å². The average molecular weight is 349 g/mol. The van der Waals surface area contributed by atoms with Crippen LogP contribution in [0.4, 0.5) is 5.88 Å². The van der Waals surface area contributed by atoms with Gasteiger partial charge in [0.25, 0.3) is 0 Å². The Balaban J connectivity index is 2.23. The van der Waals surface area contributed by atoms with Crippen molar-refractivity contribution in [3.05, 3.63) is 45.2 Å². The van der Waals surface area contributed by atoms with Crippen LogP contribution in [0.1, 0.15) is 10.4 Å². The number of halogens is 1. The van der Waals surface area contributed by atoms with Gasteiger partial charge >= 0.3 is 0 Å². The Morgan fingerprint density at radius 3 is 2.65 bits per heavy atom. The van der Waals surface area contributed by atoms with E-state index >= 15 is 0 Å². The molecule has 0 fully saturated rings. The van der Waals surface area contributed by atoms with Crippen LogP contribution in [0.2, 0.25) is 0 Å². The maximum Gasteiger partial charge on any atom is 0.230 e. The molecule has 2 aromatic heterocycles. The van der Waals surface area contributed by atoms with Gasteiger partial charge in [-0.05, 0) is 31.5 Å². The van der Waals surface area contributed by atoms with E-state index in [9.17, 15) is 0 Å². The van der Waals surface area contributed by atoms with Crippen LogP contribution in [0.25, 0.3) is 21.7 Å². The summed E-state index contributed by atoms with van der Waals surface area (Å²) in [5.74, 6) is 0.343. The summed E-state index contributed by atoms with van der Waals surface area (Å²) < 4.78 is 6.20. The lowest BCUT2D eigenvalue weighted by atomic mass is 10.0. The van der Waals surface area contributed by atoms with Gasteiger partial charge < -0.3 is 10.3 Å². The fourth-order valence-electron chi connectivity index (χ4n) is 2.09. The number of nitrogens with two attached hydrogens (primary N) is 1. The van der Waals surface area contributed by atoms with Crippen molar-refractivity contribution in [3.63, 3.8) is 0 Å². The number of hydrogen-bond acceptors (Lipinski definition) is 4. The largest absolute Gasteiger partial charge is 0.367 e. The summed E-state index contributed by atoms with van der Waals surface area (Å²) in [6, 6.07) is 10.1.